The maximum Gasteiger partial charge on any atom is 0.278 e. The van der Waals surface area contributed by atoms with Gasteiger partial charge in [0.25, 0.3) is 5.91 Å². The van der Waals surface area contributed by atoms with E-state index in [-0.39, 0.29) is 5.91 Å². The minimum Gasteiger partial charge on any atom is -0.493 e. The normalized spacial score (nSPS) is 10.6. The van der Waals surface area contributed by atoms with Crippen molar-refractivity contribution in [3.05, 3.63) is 46.2 Å². The monoisotopic (exact) mass is 377 g/mol. The Balaban J connectivity index is 2.02. The molecule has 0 aliphatic heterocycles. The number of methoxy groups -OCH3 is 2. The molecule has 0 aliphatic carbocycles. The lowest BCUT2D eigenvalue weighted by Gasteiger charge is -2.22. The van der Waals surface area contributed by atoms with Crippen LogP contribution in [0, 0.1) is 0 Å². The topological polar surface area (TPSA) is 55.4 Å². The lowest BCUT2D eigenvalue weighted by atomic mass is 10.1. The first-order valence-electron chi connectivity index (χ1n) is 9.00. The van der Waals surface area contributed by atoms with Crippen molar-refractivity contribution in [3.8, 4) is 11.5 Å². The lowest BCUT2D eigenvalue weighted by molar-refractivity contribution is -0.644. The highest BCUT2D eigenvalue weighted by molar-refractivity contribution is 7.09. The summed E-state index contributed by atoms with van der Waals surface area (Å²) in [5.41, 5.74) is 1.13. The predicted octanol–water partition coefficient (Wildman–Crippen LogP) is 2.31. The number of quaternary nitrogens is 1. The summed E-state index contributed by atoms with van der Waals surface area (Å²) in [4.78, 5) is 15.8. The van der Waals surface area contributed by atoms with Crippen LogP contribution in [0.5, 0.6) is 11.5 Å². The van der Waals surface area contributed by atoms with Gasteiger partial charge in [0.1, 0.15) is 0 Å². The third-order valence-electron chi connectivity index (χ3n) is 4.21. The number of thiophene rings is 1. The molecule has 1 amide bonds. The number of ether oxygens (including phenoxy) is 2. The Labute approximate surface area is 159 Å². The SMILES string of the molecule is CCC[NH2+]CC(=O)N(CCc1ccc(OC)c(OC)c1)Cc1cccs1. The van der Waals surface area contributed by atoms with Gasteiger partial charge in [-0.1, -0.05) is 19.1 Å². The summed E-state index contributed by atoms with van der Waals surface area (Å²) in [6.07, 6.45) is 1.86. The quantitative estimate of drug-likeness (QED) is 0.612. The van der Waals surface area contributed by atoms with E-state index < -0.39 is 0 Å². The van der Waals surface area contributed by atoms with Crippen LogP contribution in [0.15, 0.2) is 35.7 Å². The van der Waals surface area contributed by atoms with E-state index in [1.165, 1.54) is 4.88 Å². The second-order valence-electron chi connectivity index (χ2n) is 6.12. The largest absolute Gasteiger partial charge is 0.493 e. The van der Waals surface area contributed by atoms with Crippen LogP contribution < -0.4 is 14.8 Å². The van der Waals surface area contributed by atoms with E-state index in [1.54, 1.807) is 25.6 Å². The molecule has 1 aromatic carbocycles. The molecule has 142 valence electrons. The number of carbonyl (C=O) groups is 1. The van der Waals surface area contributed by atoms with Crippen molar-refractivity contribution >= 4 is 17.2 Å². The zero-order valence-corrected chi connectivity index (χ0v) is 16.7. The van der Waals surface area contributed by atoms with E-state index in [0.29, 0.717) is 19.6 Å². The highest BCUT2D eigenvalue weighted by Gasteiger charge is 2.16. The van der Waals surface area contributed by atoms with Gasteiger partial charge in [0.15, 0.2) is 18.0 Å². The molecule has 2 N–H and O–H groups in total. The fourth-order valence-electron chi connectivity index (χ4n) is 2.74. The molecule has 0 radical (unpaired) electrons. The van der Waals surface area contributed by atoms with E-state index >= 15 is 0 Å². The van der Waals surface area contributed by atoms with Gasteiger partial charge in [-0.15, -0.1) is 11.3 Å². The highest BCUT2D eigenvalue weighted by atomic mass is 32.1. The highest BCUT2D eigenvalue weighted by Crippen LogP contribution is 2.27. The zero-order chi connectivity index (χ0) is 18.8. The summed E-state index contributed by atoms with van der Waals surface area (Å²) in [6, 6.07) is 10.0. The first-order chi connectivity index (χ1) is 12.7. The van der Waals surface area contributed by atoms with E-state index in [0.717, 1.165) is 36.4 Å². The smallest absolute Gasteiger partial charge is 0.278 e. The Kier molecular flexibility index (Phi) is 8.44. The maximum absolute atomic E-state index is 12.6. The summed E-state index contributed by atoms with van der Waals surface area (Å²) in [7, 11) is 3.27. The van der Waals surface area contributed by atoms with Crippen LogP contribution in [0.1, 0.15) is 23.8 Å². The average Bonchev–Trinajstić information content (AvgIpc) is 3.18. The van der Waals surface area contributed by atoms with Gasteiger partial charge in [-0.2, -0.15) is 0 Å². The fraction of sp³-hybridized carbons (Fsp3) is 0.450. The molecular formula is C20H29N2O3S+. The Bertz CT molecular complexity index is 674. The van der Waals surface area contributed by atoms with Crippen molar-refractivity contribution in [2.45, 2.75) is 26.3 Å². The van der Waals surface area contributed by atoms with E-state index in [9.17, 15) is 4.79 Å². The molecule has 0 saturated carbocycles. The summed E-state index contributed by atoms with van der Waals surface area (Å²) in [5.74, 6) is 1.63. The van der Waals surface area contributed by atoms with Crippen LogP contribution in [-0.4, -0.2) is 44.7 Å². The molecule has 0 fully saturated rings. The molecular weight excluding hydrogens is 348 g/mol. The molecule has 5 nitrogen and oxygen atoms in total. The second-order valence-corrected chi connectivity index (χ2v) is 7.15. The minimum atomic E-state index is 0.187. The van der Waals surface area contributed by atoms with Gasteiger partial charge in [0.2, 0.25) is 0 Å². The number of rotatable bonds is 11. The standard InChI is InChI=1S/C20H28N2O3S/c1-4-10-21-14-20(23)22(15-17-6-5-12-26-17)11-9-16-7-8-18(24-2)19(13-16)25-3/h5-8,12-13,21H,4,9-11,14-15H2,1-3H3/p+1. The van der Waals surface area contributed by atoms with Crippen LogP contribution in [0.4, 0.5) is 0 Å². The number of benzene rings is 1. The second kappa shape index (κ2) is 10.8. The van der Waals surface area contributed by atoms with Crippen molar-refractivity contribution in [3.63, 3.8) is 0 Å². The summed E-state index contributed by atoms with van der Waals surface area (Å²) in [5, 5.41) is 4.13. The molecule has 0 unspecified atom stereocenters. The summed E-state index contributed by atoms with van der Waals surface area (Å²) < 4.78 is 10.7. The summed E-state index contributed by atoms with van der Waals surface area (Å²) >= 11 is 1.69. The van der Waals surface area contributed by atoms with Gasteiger partial charge >= 0.3 is 0 Å². The van der Waals surface area contributed by atoms with Crippen LogP contribution in [0.25, 0.3) is 0 Å². The van der Waals surface area contributed by atoms with Crippen molar-refractivity contribution in [2.75, 3.05) is 33.9 Å². The van der Waals surface area contributed by atoms with Crippen molar-refractivity contribution in [1.82, 2.24) is 4.90 Å². The first kappa shape index (κ1) is 20.3. The minimum absolute atomic E-state index is 0.187. The molecule has 0 bridgehead atoms. The molecule has 6 heteroatoms. The molecule has 2 rings (SSSR count). The molecule has 0 atom stereocenters. The molecule has 26 heavy (non-hydrogen) atoms. The Morgan fingerprint density at radius 2 is 2.00 bits per heavy atom. The van der Waals surface area contributed by atoms with Crippen molar-refractivity contribution in [1.29, 1.82) is 0 Å². The molecule has 0 spiro atoms. The van der Waals surface area contributed by atoms with Crippen LogP contribution in [0.2, 0.25) is 0 Å². The van der Waals surface area contributed by atoms with Crippen molar-refractivity contribution < 1.29 is 19.6 Å². The van der Waals surface area contributed by atoms with Gasteiger partial charge in [-0.05, 0) is 42.0 Å². The number of hydrogen-bond acceptors (Lipinski definition) is 4. The Morgan fingerprint density at radius 1 is 1.19 bits per heavy atom. The van der Waals surface area contributed by atoms with Gasteiger partial charge < -0.3 is 19.7 Å². The molecule has 0 aliphatic rings. The number of carbonyl (C=O) groups excluding carboxylic acids is 1. The van der Waals surface area contributed by atoms with E-state index in [4.69, 9.17) is 9.47 Å². The van der Waals surface area contributed by atoms with Crippen LogP contribution in [0.3, 0.4) is 0 Å². The average molecular weight is 378 g/mol. The first-order valence-corrected chi connectivity index (χ1v) is 9.88. The third-order valence-corrected chi connectivity index (χ3v) is 5.07. The van der Waals surface area contributed by atoms with Crippen LogP contribution in [-0.2, 0) is 17.8 Å². The Hall–Kier alpha value is -2.05. The maximum atomic E-state index is 12.6. The number of hydrogen-bond donors (Lipinski definition) is 1. The number of nitrogens with zero attached hydrogens (tertiary/aromatic N) is 1. The molecule has 1 aromatic heterocycles. The van der Waals surface area contributed by atoms with E-state index in [2.05, 4.69) is 23.7 Å². The van der Waals surface area contributed by atoms with Gasteiger partial charge in [0, 0.05) is 11.4 Å². The number of amides is 1. The third kappa shape index (κ3) is 6.04. The van der Waals surface area contributed by atoms with Gasteiger partial charge in [0.05, 0.1) is 27.3 Å². The van der Waals surface area contributed by atoms with Gasteiger partial charge in [-0.3, -0.25) is 4.79 Å². The molecule has 1 heterocycles. The van der Waals surface area contributed by atoms with Gasteiger partial charge in [-0.25, -0.2) is 0 Å². The Morgan fingerprint density at radius 3 is 2.65 bits per heavy atom. The van der Waals surface area contributed by atoms with Crippen LogP contribution >= 0.6 is 11.3 Å². The van der Waals surface area contributed by atoms with E-state index in [1.807, 2.05) is 29.2 Å². The fourth-order valence-corrected chi connectivity index (χ4v) is 3.46. The zero-order valence-electron chi connectivity index (χ0n) is 15.9. The molecule has 2 aromatic rings. The number of nitrogens with two attached hydrogens (primary N) is 1. The predicted molar refractivity (Wildman–Crippen MR) is 105 cm³/mol. The van der Waals surface area contributed by atoms with Crippen molar-refractivity contribution in [2.24, 2.45) is 0 Å². The summed E-state index contributed by atoms with van der Waals surface area (Å²) in [6.45, 7) is 4.97. The molecule has 0 saturated heterocycles. The lowest BCUT2D eigenvalue weighted by Crippen LogP contribution is -2.86.